The molecule has 1 unspecified atom stereocenters. The van der Waals surface area contributed by atoms with Gasteiger partial charge in [0.25, 0.3) is 0 Å². The molecule has 1 amide bonds. The van der Waals surface area contributed by atoms with Crippen LogP contribution in [-0.2, 0) is 11.2 Å². The quantitative estimate of drug-likeness (QED) is 0.727. The molecule has 128 valence electrons. The van der Waals surface area contributed by atoms with Gasteiger partial charge in [0.2, 0.25) is 5.91 Å². The van der Waals surface area contributed by atoms with E-state index in [1.807, 2.05) is 57.2 Å². The molecule has 2 aromatic rings. The highest BCUT2D eigenvalue weighted by atomic mass is 16.2. The van der Waals surface area contributed by atoms with E-state index in [1.165, 1.54) is 5.56 Å². The lowest BCUT2D eigenvalue weighted by atomic mass is 10.1. The molecule has 0 bridgehead atoms. The van der Waals surface area contributed by atoms with Crippen molar-refractivity contribution in [3.8, 4) is 0 Å². The lowest BCUT2D eigenvalue weighted by Gasteiger charge is -2.16. The van der Waals surface area contributed by atoms with Crippen molar-refractivity contribution in [3.63, 3.8) is 0 Å². The Balaban J connectivity index is 1.86. The van der Waals surface area contributed by atoms with Crippen LogP contribution in [0.25, 0.3) is 0 Å². The summed E-state index contributed by atoms with van der Waals surface area (Å²) in [5.74, 6) is -0.00106. The number of nitrogens with one attached hydrogen (secondary N) is 2. The van der Waals surface area contributed by atoms with E-state index >= 15 is 0 Å². The Labute approximate surface area is 143 Å². The molecule has 0 saturated heterocycles. The molecule has 4 nitrogen and oxygen atoms in total. The third kappa shape index (κ3) is 5.39. The highest BCUT2D eigenvalue weighted by Gasteiger charge is 2.10. The molecule has 0 aliphatic rings. The molecule has 0 aliphatic carbocycles. The van der Waals surface area contributed by atoms with E-state index in [4.69, 9.17) is 5.11 Å². The molecule has 1 atom stereocenters. The number of aliphatic hydroxyl groups excluding tert-OH is 1. The smallest absolute Gasteiger partial charge is 0.226 e. The van der Waals surface area contributed by atoms with E-state index in [2.05, 4.69) is 16.7 Å². The van der Waals surface area contributed by atoms with Crippen LogP contribution < -0.4 is 10.6 Å². The monoisotopic (exact) mass is 326 g/mol. The van der Waals surface area contributed by atoms with Crippen LogP contribution in [0.2, 0.25) is 0 Å². The highest BCUT2D eigenvalue weighted by molar-refractivity contribution is 5.92. The van der Waals surface area contributed by atoms with Crippen molar-refractivity contribution < 1.29 is 9.90 Å². The molecular weight excluding hydrogens is 300 g/mol. The van der Waals surface area contributed by atoms with E-state index < -0.39 is 0 Å². The van der Waals surface area contributed by atoms with Crippen molar-refractivity contribution in [2.45, 2.75) is 39.7 Å². The number of carbonyl (C=O) groups is 1. The Kier molecular flexibility index (Phi) is 6.38. The largest absolute Gasteiger partial charge is 0.396 e. The van der Waals surface area contributed by atoms with Crippen LogP contribution in [-0.4, -0.2) is 23.7 Å². The standard InChI is InChI=1S/C20H26N2O2/c1-14-4-9-19(15(2)12-14)22-20(24)13-16(3)21-18-7-5-17(6-8-18)10-11-23/h4-9,12,16,21,23H,10-11,13H2,1-3H3,(H,22,24). The van der Waals surface area contributed by atoms with Crippen molar-refractivity contribution in [3.05, 3.63) is 59.2 Å². The first kappa shape index (κ1) is 18.0. The third-order valence-electron chi connectivity index (χ3n) is 3.92. The molecule has 3 N–H and O–H groups in total. The Morgan fingerprint density at radius 2 is 1.83 bits per heavy atom. The van der Waals surface area contributed by atoms with Gasteiger partial charge in [-0.1, -0.05) is 29.8 Å². The predicted octanol–water partition coefficient (Wildman–Crippen LogP) is 3.67. The fraction of sp³-hybridized carbons (Fsp3) is 0.350. The minimum absolute atomic E-state index is 0.00106. The summed E-state index contributed by atoms with van der Waals surface area (Å²) in [4.78, 5) is 12.2. The molecule has 0 saturated carbocycles. The summed E-state index contributed by atoms with van der Waals surface area (Å²) in [5, 5.41) is 15.2. The van der Waals surface area contributed by atoms with Gasteiger partial charge < -0.3 is 15.7 Å². The number of anilines is 2. The molecular formula is C20H26N2O2. The second-order valence-electron chi connectivity index (χ2n) is 6.29. The average Bonchev–Trinajstić information content (AvgIpc) is 2.52. The zero-order chi connectivity index (χ0) is 17.5. The van der Waals surface area contributed by atoms with Gasteiger partial charge in [0.15, 0.2) is 0 Å². The summed E-state index contributed by atoms with van der Waals surface area (Å²) in [6.07, 6.45) is 1.06. The van der Waals surface area contributed by atoms with Crippen molar-refractivity contribution >= 4 is 17.3 Å². The van der Waals surface area contributed by atoms with E-state index in [0.717, 1.165) is 22.5 Å². The van der Waals surface area contributed by atoms with E-state index in [-0.39, 0.29) is 18.6 Å². The number of aryl methyl sites for hydroxylation is 2. The number of benzene rings is 2. The summed E-state index contributed by atoms with van der Waals surface area (Å²) in [6, 6.07) is 14.0. The second-order valence-corrected chi connectivity index (χ2v) is 6.29. The molecule has 2 rings (SSSR count). The molecule has 0 radical (unpaired) electrons. The minimum atomic E-state index is -0.00106. The van der Waals surface area contributed by atoms with Crippen molar-refractivity contribution in [2.75, 3.05) is 17.2 Å². The molecule has 0 fully saturated rings. The second kappa shape index (κ2) is 8.50. The van der Waals surface area contributed by atoms with Crippen LogP contribution in [0.1, 0.15) is 30.0 Å². The fourth-order valence-corrected chi connectivity index (χ4v) is 2.67. The predicted molar refractivity (Wildman–Crippen MR) is 99.5 cm³/mol. The summed E-state index contributed by atoms with van der Waals surface area (Å²) in [7, 11) is 0. The van der Waals surface area contributed by atoms with Gasteiger partial charge in [-0.3, -0.25) is 4.79 Å². The van der Waals surface area contributed by atoms with Crippen LogP contribution in [0.15, 0.2) is 42.5 Å². The van der Waals surface area contributed by atoms with Gasteiger partial charge in [0.05, 0.1) is 0 Å². The zero-order valence-electron chi connectivity index (χ0n) is 14.6. The summed E-state index contributed by atoms with van der Waals surface area (Å²) >= 11 is 0. The van der Waals surface area contributed by atoms with Gasteiger partial charge in [-0.15, -0.1) is 0 Å². The number of aliphatic hydroxyl groups is 1. The van der Waals surface area contributed by atoms with Crippen LogP contribution >= 0.6 is 0 Å². The van der Waals surface area contributed by atoms with Crippen molar-refractivity contribution in [1.29, 1.82) is 0 Å². The lowest BCUT2D eigenvalue weighted by Crippen LogP contribution is -2.24. The number of carbonyl (C=O) groups excluding carboxylic acids is 1. The maximum Gasteiger partial charge on any atom is 0.226 e. The van der Waals surface area contributed by atoms with Gasteiger partial charge in [-0.25, -0.2) is 0 Å². The van der Waals surface area contributed by atoms with E-state index in [1.54, 1.807) is 0 Å². The molecule has 24 heavy (non-hydrogen) atoms. The number of hydrogen-bond acceptors (Lipinski definition) is 3. The Bertz CT molecular complexity index is 681. The first-order valence-electron chi connectivity index (χ1n) is 8.31. The summed E-state index contributed by atoms with van der Waals surface area (Å²) in [6.45, 7) is 6.18. The topological polar surface area (TPSA) is 61.4 Å². The van der Waals surface area contributed by atoms with Crippen LogP contribution in [0.4, 0.5) is 11.4 Å². The van der Waals surface area contributed by atoms with E-state index in [0.29, 0.717) is 12.8 Å². The maximum atomic E-state index is 12.2. The SMILES string of the molecule is Cc1ccc(NC(=O)CC(C)Nc2ccc(CCO)cc2)c(C)c1. The van der Waals surface area contributed by atoms with Crippen LogP contribution in [0.3, 0.4) is 0 Å². The highest BCUT2D eigenvalue weighted by Crippen LogP contribution is 2.17. The molecule has 0 heterocycles. The van der Waals surface area contributed by atoms with Gasteiger partial charge in [-0.05, 0) is 56.5 Å². The Morgan fingerprint density at radius 3 is 2.46 bits per heavy atom. The minimum Gasteiger partial charge on any atom is -0.396 e. The van der Waals surface area contributed by atoms with Gasteiger partial charge >= 0.3 is 0 Å². The van der Waals surface area contributed by atoms with Gasteiger partial charge in [-0.2, -0.15) is 0 Å². The molecule has 4 heteroatoms. The van der Waals surface area contributed by atoms with Crippen molar-refractivity contribution in [1.82, 2.24) is 0 Å². The molecule has 0 aromatic heterocycles. The summed E-state index contributed by atoms with van der Waals surface area (Å²) < 4.78 is 0. The number of rotatable bonds is 7. The van der Waals surface area contributed by atoms with Crippen LogP contribution in [0.5, 0.6) is 0 Å². The molecule has 0 spiro atoms. The van der Waals surface area contributed by atoms with Gasteiger partial charge in [0.1, 0.15) is 0 Å². The number of amides is 1. The molecule has 0 aliphatic heterocycles. The van der Waals surface area contributed by atoms with Crippen molar-refractivity contribution in [2.24, 2.45) is 0 Å². The maximum absolute atomic E-state index is 12.2. The Hall–Kier alpha value is -2.33. The van der Waals surface area contributed by atoms with Gasteiger partial charge in [0, 0.05) is 30.4 Å². The fourth-order valence-electron chi connectivity index (χ4n) is 2.67. The normalized spacial score (nSPS) is 11.8. The van der Waals surface area contributed by atoms with E-state index in [9.17, 15) is 4.79 Å². The summed E-state index contributed by atoms with van der Waals surface area (Å²) in [5.41, 5.74) is 5.20. The lowest BCUT2D eigenvalue weighted by molar-refractivity contribution is -0.116. The first-order valence-corrected chi connectivity index (χ1v) is 8.31. The number of hydrogen-bond donors (Lipinski definition) is 3. The zero-order valence-corrected chi connectivity index (χ0v) is 14.6. The van der Waals surface area contributed by atoms with Crippen LogP contribution in [0, 0.1) is 13.8 Å². The third-order valence-corrected chi connectivity index (χ3v) is 3.92. The first-order chi connectivity index (χ1) is 11.5. The molecule has 2 aromatic carbocycles. The average molecular weight is 326 g/mol. The Morgan fingerprint density at radius 1 is 1.12 bits per heavy atom.